The van der Waals surface area contributed by atoms with Crippen molar-refractivity contribution in [1.82, 2.24) is 4.98 Å². The minimum Gasteiger partial charge on any atom is -0.232 e. The summed E-state index contributed by atoms with van der Waals surface area (Å²) in [6.07, 6.45) is 5.13. The number of terminal acetylenes is 1. The summed E-state index contributed by atoms with van der Waals surface area (Å²) in [5.41, 5.74) is 0.652. The molecular formula is C7H5NS2. The van der Waals surface area contributed by atoms with Crippen LogP contribution in [0.4, 0.5) is 0 Å². The number of rotatable bonds is 1. The number of pyridine rings is 1. The van der Waals surface area contributed by atoms with Crippen molar-refractivity contribution in [2.45, 2.75) is 5.03 Å². The Labute approximate surface area is 69.1 Å². The molecule has 0 N–H and O–H groups in total. The van der Waals surface area contributed by atoms with Crippen molar-refractivity contribution in [1.29, 1.82) is 0 Å². The van der Waals surface area contributed by atoms with Gasteiger partial charge in [0.05, 0.1) is 0 Å². The molecule has 0 amide bonds. The lowest BCUT2D eigenvalue weighted by molar-refractivity contribution is 1.12. The summed E-state index contributed by atoms with van der Waals surface area (Å²) in [5.74, 6) is 2.44. The van der Waals surface area contributed by atoms with E-state index in [2.05, 4.69) is 22.6 Å². The predicted molar refractivity (Wildman–Crippen MR) is 47.0 cm³/mol. The van der Waals surface area contributed by atoms with Crippen LogP contribution >= 0.6 is 22.5 Å². The highest BCUT2D eigenvalue weighted by Crippen LogP contribution is 2.17. The van der Waals surface area contributed by atoms with Crippen molar-refractivity contribution in [3.63, 3.8) is 0 Å². The molecule has 0 bridgehead atoms. The van der Waals surface area contributed by atoms with Crippen molar-refractivity contribution in [2.24, 2.45) is 0 Å². The summed E-state index contributed by atoms with van der Waals surface area (Å²) in [7, 11) is 1.29. The number of hydrogen-bond donors (Lipinski definition) is 1. The second kappa shape index (κ2) is 3.55. The van der Waals surface area contributed by atoms with Crippen LogP contribution in [0.25, 0.3) is 0 Å². The lowest BCUT2D eigenvalue weighted by Gasteiger charge is -1.92. The maximum atomic E-state index is 5.13. The molecule has 0 atom stereocenters. The van der Waals surface area contributed by atoms with Crippen LogP contribution in [0, 0.1) is 12.3 Å². The third-order valence-electron chi connectivity index (χ3n) is 0.965. The van der Waals surface area contributed by atoms with Gasteiger partial charge in [0.15, 0.2) is 0 Å². The Hall–Kier alpha value is -0.590. The summed E-state index contributed by atoms with van der Waals surface area (Å²) in [6.45, 7) is 0. The van der Waals surface area contributed by atoms with Gasteiger partial charge in [-0.2, -0.15) is 0 Å². The number of nitrogens with zero attached hydrogens (tertiary/aromatic N) is 1. The highest BCUT2D eigenvalue weighted by molar-refractivity contribution is 8.68. The fraction of sp³-hybridized carbons (Fsp3) is 0. The van der Waals surface area contributed by atoms with E-state index in [4.69, 9.17) is 6.42 Å². The average molecular weight is 167 g/mol. The molecule has 50 valence electrons. The zero-order chi connectivity index (χ0) is 7.40. The SMILES string of the molecule is C#Cc1cccc(SS)n1. The Morgan fingerprint density at radius 2 is 2.40 bits per heavy atom. The Morgan fingerprint density at radius 3 is 3.00 bits per heavy atom. The fourth-order valence-electron chi connectivity index (χ4n) is 0.546. The average Bonchev–Trinajstić information content (AvgIpc) is 2.05. The maximum absolute atomic E-state index is 5.13. The van der Waals surface area contributed by atoms with E-state index in [0.29, 0.717) is 5.69 Å². The largest absolute Gasteiger partial charge is 0.232 e. The molecule has 0 radical (unpaired) electrons. The lowest BCUT2D eigenvalue weighted by Crippen LogP contribution is -1.81. The van der Waals surface area contributed by atoms with Gasteiger partial charge in [-0.05, 0) is 22.9 Å². The smallest absolute Gasteiger partial charge is 0.114 e. The van der Waals surface area contributed by atoms with Crippen molar-refractivity contribution in [3.05, 3.63) is 23.9 Å². The van der Waals surface area contributed by atoms with Crippen LogP contribution in [0.2, 0.25) is 0 Å². The van der Waals surface area contributed by atoms with Gasteiger partial charge >= 0.3 is 0 Å². The third-order valence-corrected chi connectivity index (χ3v) is 1.94. The van der Waals surface area contributed by atoms with Gasteiger partial charge < -0.3 is 0 Å². The summed E-state index contributed by atoms with van der Waals surface area (Å²) in [4.78, 5) is 4.06. The third kappa shape index (κ3) is 1.69. The minimum atomic E-state index is 0.652. The molecule has 0 unspecified atom stereocenters. The first-order valence-corrected chi connectivity index (χ1v) is 4.49. The number of thiol groups is 1. The molecule has 10 heavy (non-hydrogen) atoms. The normalized spacial score (nSPS) is 8.80. The van der Waals surface area contributed by atoms with E-state index in [9.17, 15) is 0 Å². The van der Waals surface area contributed by atoms with Crippen LogP contribution in [0.15, 0.2) is 23.2 Å². The quantitative estimate of drug-likeness (QED) is 0.390. The maximum Gasteiger partial charge on any atom is 0.114 e. The zero-order valence-electron chi connectivity index (χ0n) is 5.11. The Kier molecular flexibility index (Phi) is 2.67. The zero-order valence-corrected chi connectivity index (χ0v) is 6.82. The van der Waals surface area contributed by atoms with E-state index >= 15 is 0 Å². The first-order valence-electron chi connectivity index (χ1n) is 2.62. The predicted octanol–water partition coefficient (Wildman–Crippen LogP) is 2.00. The first-order chi connectivity index (χ1) is 4.86. The van der Waals surface area contributed by atoms with Gasteiger partial charge in [-0.3, -0.25) is 0 Å². The summed E-state index contributed by atoms with van der Waals surface area (Å²) < 4.78 is 0. The van der Waals surface area contributed by atoms with E-state index in [-0.39, 0.29) is 0 Å². The van der Waals surface area contributed by atoms with Crippen molar-refractivity contribution in [3.8, 4) is 12.3 Å². The molecule has 0 saturated heterocycles. The van der Waals surface area contributed by atoms with Crippen LogP contribution in [0.5, 0.6) is 0 Å². The Bertz CT molecular complexity index is 265. The molecule has 0 aliphatic carbocycles. The second-order valence-electron chi connectivity index (χ2n) is 1.60. The van der Waals surface area contributed by atoms with Crippen LogP contribution in [-0.2, 0) is 0 Å². The van der Waals surface area contributed by atoms with Crippen molar-refractivity contribution in [2.75, 3.05) is 0 Å². The van der Waals surface area contributed by atoms with E-state index in [1.165, 1.54) is 10.8 Å². The van der Waals surface area contributed by atoms with E-state index in [1.54, 1.807) is 6.07 Å². The first kappa shape index (κ1) is 7.52. The van der Waals surface area contributed by atoms with Gasteiger partial charge in [0.2, 0.25) is 0 Å². The van der Waals surface area contributed by atoms with Crippen molar-refractivity contribution >= 4 is 22.5 Å². The summed E-state index contributed by atoms with van der Waals surface area (Å²) >= 11 is 3.98. The van der Waals surface area contributed by atoms with Gasteiger partial charge in [-0.1, -0.05) is 12.0 Å². The summed E-state index contributed by atoms with van der Waals surface area (Å²) in [5, 5.41) is 0.832. The van der Waals surface area contributed by atoms with Crippen LogP contribution in [0.3, 0.4) is 0 Å². The molecule has 0 aliphatic rings. The molecular weight excluding hydrogens is 162 g/mol. The standard InChI is InChI=1S/C7H5NS2/c1-2-6-4-3-5-7(8-6)10-9/h1,3-5,9H. The van der Waals surface area contributed by atoms with Crippen LogP contribution in [-0.4, -0.2) is 4.98 Å². The minimum absolute atomic E-state index is 0.652. The molecule has 3 heteroatoms. The molecule has 0 aromatic carbocycles. The van der Waals surface area contributed by atoms with E-state index in [1.807, 2.05) is 12.1 Å². The Morgan fingerprint density at radius 1 is 1.60 bits per heavy atom. The van der Waals surface area contributed by atoms with Gasteiger partial charge in [0.25, 0.3) is 0 Å². The molecule has 1 nitrogen and oxygen atoms in total. The fourth-order valence-corrected chi connectivity index (χ4v) is 1.13. The van der Waals surface area contributed by atoms with Gasteiger partial charge in [0, 0.05) is 0 Å². The van der Waals surface area contributed by atoms with E-state index in [0.717, 1.165) is 5.03 Å². The van der Waals surface area contributed by atoms with Crippen LogP contribution in [0.1, 0.15) is 5.69 Å². The monoisotopic (exact) mass is 167 g/mol. The molecule has 0 saturated carbocycles. The second-order valence-corrected chi connectivity index (χ2v) is 2.75. The number of hydrogen-bond acceptors (Lipinski definition) is 3. The van der Waals surface area contributed by atoms with Crippen LogP contribution < -0.4 is 0 Å². The van der Waals surface area contributed by atoms with E-state index < -0.39 is 0 Å². The molecule has 1 aromatic heterocycles. The topological polar surface area (TPSA) is 12.9 Å². The lowest BCUT2D eigenvalue weighted by atomic mass is 10.4. The molecule has 0 fully saturated rings. The van der Waals surface area contributed by atoms with Gasteiger partial charge in [0.1, 0.15) is 10.7 Å². The Balaban J connectivity index is 3.01. The number of aromatic nitrogens is 1. The highest BCUT2D eigenvalue weighted by Gasteiger charge is 1.91. The van der Waals surface area contributed by atoms with Gasteiger partial charge in [-0.15, -0.1) is 18.1 Å². The molecule has 1 heterocycles. The van der Waals surface area contributed by atoms with Gasteiger partial charge in [-0.25, -0.2) is 4.98 Å². The molecule has 1 rings (SSSR count). The van der Waals surface area contributed by atoms with Crippen molar-refractivity contribution < 1.29 is 0 Å². The molecule has 0 aliphatic heterocycles. The molecule has 0 spiro atoms. The summed E-state index contributed by atoms with van der Waals surface area (Å²) in [6, 6.07) is 5.51. The highest BCUT2D eigenvalue weighted by atomic mass is 33.1. The molecule has 1 aromatic rings.